The van der Waals surface area contributed by atoms with Crippen LogP contribution in [0.1, 0.15) is 11.4 Å². The molecule has 1 heterocycles. The second kappa shape index (κ2) is 4.61. The molecule has 3 nitrogen and oxygen atoms in total. The van der Waals surface area contributed by atoms with Gasteiger partial charge in [-0.2, -0.15) is 0 Å². The summed E-state index contributed by atoms with van der Waals surface area (Å²) in [5.74, 6) is 1.54. The van der Waals surface area contributed by atoms with Crippen molar-refractivity contribution in [3.63, 3.8) is 0 Å². The van der Waals surface area contributed by atoms with Gasteiger partial charge in [0.1, 0.15) is 16.2 Å². The molecule has 0 spiro atoms. The first-order valence-electron chi connectivity index (χ1n) is 4.99. The Morgan fingerprint density at radius 1 is 1.12 bits per heavy atom. The van der Waals surface area contributed by atoms with E-state index >= 15 is 0 Å². The Morgan fingerprint density at radius 2 is 1.88 bits per heavy atom. The molecule has 0 saturated heterocycles. The minimum atomic E-state index is 0.741. The summed E-state index contributed by atoms with van der Waals surface area (Å²) >= 11 is 3.35. The molecule has 2 rings (SSSR count). The average molecular weight is 278 g/mol. The van der Waals surface area contributed by atoms with E-state index in [1.807, 2.05) is 31.2 Å². The van der Waals surface area contributed by atoms with Crippen molar-refractivity contribution < 1.29 is 0 Å². The lowest BCUT2D eigenvalue weighted by Gasteiger charge is -2.08. The van der Waals surface area contributed by atoms with Gasteiger partial charge < -0.3 is 5.32 Å². The fourth-order valence-corrected chi connectivity index (χ4v) is 1.92. The van der Waals surface area contributed by atoms with Gasteiger partial charge in [-0.15, -0.1) is 0 Å². The highest BCUT2D eigenvalue weighted by atomic mass is 79.9. The molecule has 0 aliphatic heterocycles. The summed E-state index contributed by atoms with van der Waals surface area (Å²) in [6, 6.07) is 9.96. The minimum absolute atomic E-state index is 0.741. The van der Waals surface area contributed by atoms with E-state index in [1.165, 1.54) is 5.56 Å². The molecule has 16 heavy (non-hydrogen) atoms. The predicted octanol–water partition coefficient (Wildman–Crippen LogP) is 3.60. The van der Waals surface area contributed by atoms with Crippen LogP contribution in [0.5, 0.6) is 0 Å². The van der Waals surface area contributed by atoms with Crippen molar-refractivity contribution in [2.24, 2.45) is 0 Å². The molecule has 0 radical (unpaired) electrons. The van der Waals surface area contributed by atoms with Crippen molar-refractivity contribution in [1.82, 2.24) is 9.97 Å². The smallest absolute Gasteiger partial charge is 0.135 e. The molecule has 0 atom stereocenters. The summed E-state index contributed by atoms with van der Waals surface area (Å²) < 4.78 is 0.788. The second-order valence-electron chi connectivity index (χ2n) is 3.56. The quantitative estimate of drug-likeness (QED) is 0.853. The number of halogens is 1. The molecule has 0 aliphatic carbocycles. The maximum absolute atomic E-state index is 4.32. The van der Waals surface area contributed by atoms with E-state index in [9.17, 15) is 0 Å². The largest absolute Gasteiger partial charge is 0.340 e. The zero-order chi connectivity index (χ0) is 11.5. The van der Waals surface area contributed by atoms with Crippen LogP contribution < -0.4 is 5.32 Å². The first-order valence-corrected chi connectivity index (χ1v) is 5.78. The van der Waals surface area contributed by atoms with E-state index in [0.29, 0.717) is 0 Å². The molecule has 1 N–H and O–H groups in total. The van der Waals surface area contributed by atoms with Crippen LogP contribution in [0.3, 0.4) is 0 Å². The van der Waals surface area contributed by atoms with Crippen molar-refractivity contribution in [2.45, 2.75) is 13.8 Å². The summed E-state index contributed by atoms with van der Waals surface area (Å²) in [6.07, 6.45) is 0. The Hall–Kier alpha value is -1.42. The molecule has 0 unspecified atom stereocenters. The van der Waals surface area contributed by atoms with E-state index in [2.05, 4.69) is 44.2 Å². The molecule has 4 heteroatoms. The maximum atomic E-state index is 4.32. The number of aromatic nitrogens is 2. The monoisotopic (exact) mass is 277 g/mol. The number of aryl methyl sites for hydroxylation is 2. The zero-order valence-electron chi connectivity index (χ0n) is 9.16. The van der Waals surface area contributed by atoms with E-state index in [1.54, 1.807) is 0 Å². The van der Waals surface area contributed by atoms with Gasteiger partial charge in [-0.1, -0.05) is 18.2 Å². The summed E-state index contributed by atoms with van der Waals surface area (Å²) in [5.41, 5.74) is 2.25. The van der Waals surface area contributed by atoms with E-state index in [-0.39, 0.29) is 0 Å². The van der Waals surface area contributed by atoms with Gasteiger partial charge in [0, 0.05) is 11.8 Å². The maximum Gasteiger partial charge on any atom is 0.135 e. The van der Waals surface area contributed by atoms with Crippen LogP contribution in [-0.4, -0.2) is 9.97 Å². The van der Waals surface area contributed by atoms with Gasteiger partial charge in [0.05, 0.1) is 0 Å². The van der Waals surface area contributed by atoms with Crippen molar-refractivity contribution in [3.05, 3.63) is 46.3 Å². The second-order valence-corrected chi connectivity index (χ2v) is 4.38. The molecule has 0 bridgehead atoms. The van der Waals surface area contributed by atoms with Crippen LogP contribution in [0, 0.1) is 13.8 Å². The highest BCUT2D eigenvalue weighted by molar-refractivity contribution is 9.10. The normalized spacial score (nSPS) is 10.2. The Kier molecular flexibility index (Phi) is 3.19. The Balaban J connectivity index is 2.30. The van der Waals surface area contributed by atoms with Crippen LogP contribution in [0.25, 0.3) is 0 Å². The zero-order valence-corrected chi connectivity index (χ0v) is 10.7. The minimum Gasteiger partial charge on any atom is -0.340 e. The molecule has 0 fully saturated rings. The first-order chi connectivity index (χ1) is 7.65. The van der Waals surface area contributed by atoms with Crippen LogP contribution in [0.4, 0.5) is 11.5 Å². The van der Waals surface area contributed by atoms with Gasteiger partial charge in [0.25, 0.3) is 0 Å². The molecule has 82 valence electrons. The summed E-state index contributed by atoms with van der Waals surface area (Å²) in [6.45, 7) is 3.93. The lowest BCUT2D eigenvalue weighted by atomic mass is 10.2. The average Bonchev–Trinajstić information content (AvgIpc) is 2.20. The van der Waals surface area contributed by atoms with Gasteiger partial charge in [-0.05, 0) is 41.4 Å². The van der Waals surface area contributed by atoms with Crippen molar-refractivity contribution in [1.29, 1.82) is 0 Å². The Morgan fingerprint density at radius 3 is 2.56 bits per heavy atom. The highest BCUT2D eigenvalue weighted by Crippen LogP contribution is 2.20. The van der Waals surface area contributed by atoms with E-state index in [0.717, 1.165) is 21.9 Å². The molecule has 0 aliphatic rings. The molecule has 2 aromatic rings. The standard InChI is InChI=1S/C12H12BrN3/c1-8-5-3-4-6-10(8)16-12-7-11(13)14-9(2)15-12/h3-7H,1-2H3,(H,14,15,16). The topological polar surface area (TPSA) is 37.8 Å². The van der Waals surface area contributed by atoms with Crippen molar-refractivity contribution >= 4 is 27.4 Å². The van der Waals surface area contributed by atoms with Gasteiger partial charge in [0.2, 0.25) is 0 Å². The van der Waals surface area contributed by atoms with Gasteiger partial charge in [-0.25, -0.2) is 9.97 Å². The molecule has 0 amide bonds. The van der Waals surface area contributed by atoms with E-state index < -0.39 is 0 Å². The number of hydrogen-bond donors (Lipinski definition) is 1. The number of para-hydroxylation sites is 1. The third-order valence-electron chi connectivity index (χ3n) is 2.21. The van der Waals surface area contributed by atoms with Crippen LogP contribution in [-0.2, 0) is 0 Å². The predicted molar refractivity (Wildman–Crippen MR) is 68.9 cm³/mol. The third kappa shape index (κ3) is 2.58. The van der Waals surface area contributed by atoms with Gasteiger partial charge >= 0.3 is 0 Å². The van der Waals surface area contributed by atoms with Crippen LogP contribution >= 0.6 is 15.9 Å². The Labute approximate surface area is 103 Å². The number of anilines is 2. The molecule has 0 saturated carbocycles. The molecule has 1 aromatic heterocycles. The third-order valence-corrected chi connectivity index (χ3v) is 2.62. The van der Waals surface area contributed by atoms with Gasteiger partial charge in [-0.3, -0.25) is 0 Å². The number of rotatable bonds is 2. The van der Waals surface area contributed by atoms with Crippen LogP contribution in [0.15, 0.2) is 34.9 Å². The van der Waals surface area contributed by atoms with Crippen molar-refractivity contribution in [3.8, 4) is 0 Å². The molecular weight excluding hydrogens is 266 g/mol. The Bertz CT molecular complexity index is 491. The van der Waals surface area contributed by atoms with Gasteiger partial charge in [0.15, 0.2) is 0 Å². The summed E-state index contributed by atoms with van der Waals surface area (Å²) in [5, 5.41) is 3.27. The molecular formula is C12H12BrN3. The highest BCUT2D eigenvalue weighted by Gasteiger charge is 2.01. The summed E-state index contributed by atoms with van der Waals surface area (Å²) in [7, 11) is 0. The number of hydrogen-bond acceptors (Lipinski definition) is 3. The molecule has 1 aromatic carbocycles. The van der Waals surface area contributed by atoms with Crippen molar-refractivity contribution in [2.75, 3.05) is 5.32 Å². The lowest BCUT2D eigenvalue weighted by Crippen LogP contribution is -1.98. The number of nitrogens with zero attached hydrogens (tertiary/aromatic N) is 2. The fourth-order valence-electron chi connectivity index (χ4n) is 1.45. The number of nitrogens with one attached hydrogen (secondary N) is 1. The summed E-state index contributed by atoms with van der Waals surface area (Å²) in [4.78, 5) is 8.48. The number of benzene rings is 1. The fraction of sp³-hybridized carbons (Fsp3) is 0.167. The lowest BCUT2D eigenvalue weighted by molar-refractivity contribution is 1.04. The van der Waals surface area contributed by atoms with E-state index in [4.69, 9.17) is 0 Å². The van der Waals surface area contributed by atoms with Crippen LogP contribution in [0.2, 0.25) is 0 Å². The SMILES string of the molecule is Cc1nc(Br)cc(Nc2ccccc2C)n1. The first kappa shape index (κ1) is 11.1.